The zero-order valence-corrected chi connectivity index (χ0v) is 12.8. The van der Waals surface area contributed by atoms with Crippen LogP contribution in [0.3, 0.4) is 0 Å². The Bertz CT molecular complexity index is 514. The van der Waals surface area contributed by atoms with Gasteiger partial charge in [-0.1, -0.05) is 6.08 Å². The summed E-state index contributed by atoms with van der Waals surface area (Å²) in [6, 6.07) is 0. The molecule has 2 fully saturated rings. The standard InChI is InChI=1S/C16H25N3O2/c1-3-5-19-8-14(13(2)17-19)7-18-9-15-4-6-21-12-16(15,10-18)11-20/h3,8,15,20H,1,4-7,9-12H2,2H3/t15-,16+/m0/s1. The van der Waals surface area contributed by atoms with E-state index in [1.54, 1.807) is 0 Å². The third-order valence-corrected chi connectivity index (χ3v) is 4.96. The quantitative estimate of drug-likeness (QED) is 0.829. The van der Waals surface area contributed by atoms with Crippen LogP contribution in [0, 0.1) is 18.3 Å². The molecule has 0 unspecified atom stereocenters. The summed E-state index contributed by atoms with van der Waals surface area (Å²) >= 11 is 0. The second-order valence-electron chi connectivity index (χ2n) is 6.48. The fourth-order valence-corrected chi connectivity index (χ4v) is 3.73. The van der Waals surface area contributed by atoms with Crippen molar-refractivity contribution >= 4 is 0 Å². The summed E-state index contributed by atoms with van der Waals surface area (Å²) in [5.41, 5.74) is 2.30. The Kier molecular flexibility index (Phi) is 4.15. The summed E-state index contributed by atoms with van der Waals surface area (Å²) in [5, 5.41) is 14.3. The van der Waals surface area contributed by atoms with Crippen LogP contribution in [0.2, 0.25) is 0 Å². The Morgan fingerprint density at radius 3 is 3.19 bits per heavy atom. The van der Waals surface area contributed by atoms with Crippen LogP contribution in [0.4, 0.5) is 0 Å². The van der Waals surface area contributed by atoms with Crippen molar-refractivity contribution in [2.24, 2.45) is 11.3 Å². The van der Waals surface area contributed by atoms with Crippen molar-refractivity contribution < 1.29 is 9.84 Å². The van der Waals surface area contributed by atoms with Crippen LogP contribution in [-0.4, -0.2) is 52.7 Å². The van der Waals surface area contributed by atoms with E-state index in [1.165, 1.54) is 5.56 Å². The number of aliphatic hydroxyl groups is 1. The van der Waals surface area contributed by atoms with Crippen LogP contribution in [0.5, 0.6) is 0 Å². The van der Waals surface area contributed by atoms with E-state index in [0.29, 0.717) is 12.5 Å². The summed E-state index contributed by atoms with van der Waals surface area (Å²) in [5.74, 6) is 0.555. The molecule has 0 aromatic carbocycles. The van der Waals surface area contributed by atoms with E-state index in [2.05, 4.69) is 29.7 Å². The molecule has 5 heteroatoms. The summed E-state index contributed by atoms with van der Waals surface area (Å²) in [6.45, 7) is 11.2. The Morgan fingerprint density at radius 1 is 1.62 bits per heavy atom. The molecular formula is C16H25N3O2. The lowest BCUT2D eigenvalue weighted by Gasteiger charge is -2.36. The predicted octanol–water partition coefficient (Wildman–Crippen LogP) is 1.21. The number of aromatic nitrogens is 2. The van der Waals surface area contributed by atoms with Crippen molar-refractivity contribution in [2.75, 3.05) is 32.9 Å². The SMILES string of the molecule is C=CCn1cc(CN2C[C@@H]3CCOC[C@]3(CO)C2)c(C)n1. The Morgan fingerprint density at radius 2 is 2.48 bits per heavy atom. The Labute approximate surface area is 126 Å². The van der Waals surface area contributed by atoms with Crippen molar-refractivity contribution in [3.05, 3.63) is 30.1 Å². The largest absolute Gasteiger partial charge is 0.396 e. The average Bonchev–Trinajstić information content (AvgIpc) is 3.00. The van der Waals surface area contributed by atoms with Gasteiger partial charge in [0.2, 0.25) is 0 Å². The first-order chi connectivity index (χ1) is 10.2. The molecule has 0 radical (unpaired) electrons. The van der Waals surface area contributed by atoms with Crippen molar-refractivity contribution in [2.45, 2.75) is 26.4 Å². The molecule has 3 rings (SSSR count). The smallest absolute Gasteiger partial charge is 0.0638 e. The first-order valence-corrected chi connectivity index (χ1v) is 7.71. The molecule has 116 valence electrons. The number of aryl methyl sites for hydroxylation is 1. The van der Waals surface area contributed by atoms with Gasteiger partial charge in [-0.15, -0.1) is 6.58 Å². The highest BCUT2D eigenvalue weighted by Crippen LogP contribution is 2.41. The second-order valence-corrected chi connectivity index (χ2v) is 6.48. The minimum Gasteiger partial charge on any atom is -0.396 e. The van der Waals surface area contributed by atoms with E-state index >= 15 is 0 Å². The molecule has 2 aliphatic heterocycles. The number of nitrogens with zero attached hydrogens (tertiary/aromatic N) is 3. The average molecular weight is 291 g/mol. The van der Waals surface area contributed by atoms with Gasteiger partial charge in [0.15, 0.2) is 0 Å². The van der Waals surface area contributed by atoms with Crippen LogP contribution in [-0.2, 0) is 17.8 Å². The molecule has 1 aromatic rings. The minimum absolute atomic E-state index is 0.0523. The van der Waals surface area contributed by atoms with Crippen molar-refractivity contribution in [3.63, 3.8) is 0 Å². The lowest BCUT2D eigenvalue weighted by atomic mass is 9.76. The second kappa shape index (κ2) is 5.91. The third-order valence-electron chi connectivity index (χ3n) is 4.96. The molecular weight excluding hydrogens is 266 g/mol. The summed E-state index contributed by atoms with van der Waals surface area (Å²) in [6.07, 6.45) is 5.03. The zero-order valence-electron chi connectivity index (χ0n) is 12.8. The number of fused-ring (bicyclic) bond motifs is 1. The number of hydrogen-bond acceptors (Lipinski definition) is 4. The van der Waals surface area contributed by atoms with Crippen LogP contribution in [0.1, 0.15) is 17.7 Å². The van der Waals surface area contributed by atoms with Gasteiger partial charge in [-0.05, 0) is 19.3 Å². The molecule has 3 heterocycles. The summed E-state index contributed by atoms with van der Waals surface area (Å²) < 4.78 is 7.56. The van der Waals surface area contributed by atoms with Crippen LogP contribution < -0.4 is 0 Å². The highest BCUT2D eigenvalue weighted by atomic mass is 16.5. The zero-order chi connectivity index (χ0) is 14.9. The molecule has 0 bridgehead atoms. The monoisotopic (exact) mass is 291 g/mol. The Balaban J connectivity index is 1.70. The molecule has 1 aromatic heterocycles. The van der Waals surface area contributed by atoms with Crippen LogP contribution in [0.15, 0.2) is 18.9 Å². The van der Waals surface area contributed by atoms with Crippen LogP contribution in [0.25, 0.3) is 0 Å². The van der Waals surface area contributed by atoms with Gasteiger partial charge in [0.1, 0.15) is 0 Å². The topological polar surface area (TPSA) is 50.5 Å². The molecule has 2 atom stereocenters. The van der Waals surface area contributed by atoms with Gasteiger partial charge >= 0.3 is 0 Å². The van der Waals surface area contributed by atoms with Gasteiger partial charge in [0.25, 0.3) is 0 Å². The van der Waals surface area contributed by atoms with Crippen LogP contribution >= 0.6 is 0 Å². The molecule has 1 N–H and O–H groups in total. The minimum atomic E-state index is -0.0523. The lowest BCUT2D eigenvalue weighted by Crippen LogP contribution is -2.42. The fourth-order valence-electron chi connectivity index (χ4n) is 3.73. The number of aliphatic hydroxyl groups excluding tert-OH is 1. The van der Waals surface area contributed by atoms with Gasteiger partial charge < -0.3 is 9.84 Å². The predicted molar refractivity (Wildman–Crippen MR) is 80.9 cm³/mol. The molecule has 0 spiro atoms. The maximum Gasteiger partial charge on any atom is 0.0638 e. The molecule has 0 amide bonds. The normalized spacial score (nSPS) is 29.5. The van der Waals surface area contributed by atoms with E-state index in [-0.39, 0.29) is 12.0 Å². The number of likely N-dealkylation sites (tertiary alicyclic amines) is 1. The van der Waals surface area contributed by atoms with Gasteiger partial charge in [0.05, 0.1) is 25.5 Å². The van der Waals surface area contributed by atoms with Crippen molar-refractivity contribution in [1.29, 1.82) is 0 Å². The summed E-state index contributed by atoms with van der Waals surface area (Å²) in [7, 11) is 0. The lowest BCUT2D eigenvalue weighted by molar-refractivity contribution is -0.0561. The van der Waals surface area contributed by atoms with E-state index in [9.17, 15) is 5.11 Å². The van der Waals surface area contributed by atoms with Gasteiger partial charge in [-0.2, -0.15) is 5.10 Å². The third kappa shape index (κ3) is 2.78. The number of rotatable bonds is 5. The molecule has 0 aliphatic carbocycles. The highest BCUT2D eigenvalue weighted by molar-refractivity contribution is 5.16. The van der Waals surface area contributed by atoms with Gasteiger partial charge in [-0.25, -0.2) is 0 Å². The maximum absolute atomic E-state index is 9.83. The fraction of sp³-hybridized carbons (Fsp3) is 0.688. The molecule has 5 nitrogen and oxygen atoms in total. The number of hydrogen-bond donors (Lipinski definition) is 1. The van der Waals surface area contributed by atoms with E-state index in [4.69, 9.17) is 4.74 Å². The molecule has 2 aliphatic rings. The van der Waals surface area contributed by atoms with E-state index in [1.807, 2.05) is 10.8 Å². The van der Waals surface area contributed by atoms with Crippen molar-refractivity contribution in [3.8, 4) is 0 Å². The van der Waals surface area contributed by atoms with E-state index < -0.39 is 0 Å². The maximum atomic E-state index is 9.83. The summed E-state index contributed by atoms with van der Waals surface area (Å²) in [4.78, 5) is 2.44. The first-order valence-electron chi connectivity index (χ1n) is 7.71. The van der Waals surface area contributed by atoms with E-state index in [0.717, 1.165) is 44.9 Å². The molecule has 21 heavy (non-hydrogen) atoms. The molecule has 2 saturated heterocycles. The number of allylic oxidation sites excluding steroid dienone is 1. The highest BCUT2D eigenvalue weighted by Gasteiger charge is 2.48. The van der Waals surface area contributed by atoms with Crippen molar-refractivity contribution in [1.82, 2.24) is 14.7 Å². The Hall–Kier alpha value is -1.17. The van der Waals surface area contributed by atoms with Gasteiger partial charge in [-0.3, -0.25) is 9.58 Å². The number of ether oxygens (including phenoxy) is 1. The van der Waals surface area contributed by atoms with Gasteiger partial charge in [0, 0.05) is 43.4 Å². The molecule has 0 saturated carbocycles. The first kappa shape index (κ1) is 14.8.